The summed E-state index contributed by atoms with van der Waals surface area (Å²) in [6.07, 6.45) is -3.46. The molecule has 1 rings (SSSR count). The molecule has 0 aliphatic rings. The zero-order chi connectivity index (χ0) is 14.1. The number of pyridine rings is 1. The Morgan fingerprint density at radius 1 is 1.11 bits per heavy atom. The van der Waals surface area contributed by atoms with Gasteiger partial charge in [-0.05, 0) is 30.9 Å². The Hall–Kier alpha value is -1.26. The number of alkyl halides is 3. The third-order valence-electron chi connectivity index (χ3n) is 2.45. The van der Waals surface area contributed by atoms with Gasteiger partial charge in [-0.3, -0.25) is 0 Å². The Bertz CT molecular complexity index is 417. The molecule has 1 heterocycles. The number of hydrogen-bond donors (Lipinski definition) is 1. The third-order valence-corrected chi connectivity index (χ3v) is 2.45. The highest BCUT2D eigenvalue weighted by molar-refractivity contribution is 5.45. The van der Waals surface area contributed by atoms with Crippen LogP contribution in [0, 0.1) is 0 Å². The second-order valence-corrected chi connectivity index (χ2v) is 5.66. The molecular weight excluding hydrogens is 241 g/mol. The summed E-state index contributed by atoms with van der Waals surface area (Å²) < 4.78 is 38.7. The molecule has 0 bridgehead atoms. The van der Waals surface area contributed by atoms with Crippen molar-refractivity contribution in [2.24, 2.45) is 0 Å². The van der Waals surface area contributed by atoms with Crippen LogP contribution in [-0.2, 0) is 11.6 Å². The van der Waals surface area contributed by atoms with Crippen LogP contribution in [0.5, 0.6) is 0 Å². The van der Waals surface area contributed by atoms with Crippen LogP contribution in [0.2, 0.25) is 0 Å². The Morgan fingerprint density at radius 3 is 2.06 bits per heavy atom. The lowest BCUT2D eigenvalue weighted by molar-refractivity contribution is -0.138. The molecule has 5 heteroatoms. The number of hydrogen-bond acceptors (Lipinski definition) is 2. The van der Waals surface area contributed by atoms with Crippen LogP contribution in [0.1, 0.15) is 45.7 Å². The van der Waals surface area contributed by atoms with Crippen molar-refractivity contribution in [1.29, 1.82) is 0 Å². The van der Waals surface area contributed by atoms with Gasteiger partial charge in [0.2, 0.25) is 0 Å². The number of aromatic nitrogens is 1. The minimum absolute atomic E-state index is 0.127. The van der Waals surface area contributed by atoms with E-state index >= 15 is 0 Å². The number of nitrogens with one attached hydrogen (secondary N) is 1. The normalized spacial score (nSPS) is 12.9. The van der Waals surface area contributed by atoms with Gasteiger partial charge in [0, 0.05) is 12.2 Å². The average molecular weight is 260 g/mol. The highest BCUT2D eigenvalue weighted by Crippen LogP contribution is 2.37. The minimum Gasteiger partial charge on any atom is -0.368 e. The molecular formula is C13H19F3N2. The zero-order valence-corrected chi connectivity index (χ0v) is 11.3. The van der Waals surface area contributed by atoms with E-state index in [0.29, 0.717) is 5.82 Å². The molecule has 1 aromatic heterocycles. The first-order valence-corrected chi connectivity index (χ1v) is 5.86. The lowest BCUT2D eigenvalue weighted by Gasteiger charge is -2.25. The monoisotopic (exact) mass is 260 g/mol. The first kappa shape index (κ1) is 14.8. The maximum absolute atomic E-state index is 12.9. The van der Waals surface area contributed by atoms with Crippen LogP contribution in [0.3, 0.4) is 0 Å². The molecule has 0 saturated heterocycles. The fourth-order valence-electron chi connectivity index (χ4n) is 1.68. The summed E-state index contributed by atoms with van der Waals surface area (Å²) in [5.41, 5.74) is -0.987. The molecule has 1 aromatic rings. The SMILES string of the molecule is CC(C)Nc1cc(C(C)(C)C)c(C(F)(F)F)cn1. The van der Waals surface area contributed by atoms with Gasteiger partial charge in [0.1, 0.15) is 5.82 Å². The maximum Gasteiger partial charge on any atom is 0.418 e. The molecule has 2 nitrogen and oxygen atoms in total. The summed E-state index contributed by atoms with van der Waals surface area (Å²) in [6, 6.07) is 1.62. The van der Waals surface area contributed by atoms with Gasteiger partial charge >= 0.3 is 6.18 Å². The van der Waals surface area contributed by atoms with Crippen molar-refractivity contribution < 1.29 is 13.2 Å². The van der Waals surface area contributed by atoms with E-state index in [1.54, 1.807) is 20.8 Å². The standard InChI is InChI=1S/C13H19F3N2/c1-8(2)18-11-6-9(12(3,4)5)10(7-17-11)13(14,15)16/h6-8H,1-5H3,(H,17,18). The molecule has 0 aromatic carbocycles. The first-order valence-electron chi connectivity index (χ1n) is 5.86. The molecule has 102 valence electrons. The van der Waals surface area contributed by atoms with Crippen molar-refractivity contribution in [1.82, 2.24) is 4.98 Å². The van der Waals surface area contributed by atoms with E-state index < -0.39 is 17.2 Å². The van der Waals surface area contributed by atoms with Gasteiger partial charge in [0.25, 0.3) is 0 Å². The average Bonchev–Trinajstić information content (AvgIpc) is 2.13. The fourth-order valence-corrected chi connectivity index (χ4v) is 1.68. The van der Waals surface area contributed by atoms with E-state index in [-0.39, 0.29) is 11.6 Å². The van der Waals surface area contributed by atoms with E-state index in [1.165, 1.54) is 6.07 Å². The van der Waals surface area contributed by atoms with E-state index in [2.05, 4.69) is 10.3 Å². The quantitative estimate of drug-likeness (QED) is 0.861. The van der Waals surface area contributed by atoms with Crippen molar-refractivity contribution >= 4 is 5.82 Å². The fraction of sp³-hybridized carbons (Fsp3) is 0.615. The van der Waals surface area contributed by atoms with Crippen molar-refractivity contribution in [3.05, 3.63) is 23.4 Å². The van der Waals surface area contributed by atoms with Crippen LogP contribution >= 0.6 is 0 Å². The first-order chi connectivity index (χ1) is 8.01. The molecule has 0 amide bonds. The second-order valence-electron chi connectivity index (χ2n) is 5.66. The van der Waals surface area contributed by atoms with Gasteiger partial charge in [-0.25, -0.2) is 4.98 Å². The zero-order valence-electron chi connectivity index (χ0n) is 11.3. The van der Waals surface area contributed by atoms with Crippen molar-refractivity contribution in [3.63, 3.8) is 0 Å². The molecule has 0 unspecified atom stereocenters. The highest BCUT2D eigenvalue weighted by atomic mass is 19.4. The predicted octanol–water partition coefficient (Wildman–Crippen LogP) is 4.22. The Balaban J connectivity index is 3.31. The summed E-state index contributed by atoms with van der Waals surface area (Å²) >= 11 is 0. The largest absolute Gasteiger partial charge is 0.418 e. The topological polar surface area (TPSA) is 24.9 Å². The maximum atomic E-state index is 12.9. The second kappa shape index (κ2) is 4.78. The molecule has 0 saturated carbocycles. The lowest BCUT2D eigenvalue weighted by atomic mass is 9.84. The van der Waals surface area contributed by atoms with Gasteiger partial charge < -0.3 is 5.32 Å². The van der Waals surface area contributed by atoms with E-state index in [9.17, 15) is 13.2 Å². The molecule has 18 heavy (non-hydrogen) atoms. The molecule has 0 spiro atoms. The lowest BCUT2D eigenvalue weighted by Crippen LogP contribution is -2.21. The molecule has 0 aliphatic carbocycles. The summed E-state index contributed by atoms with van der Waals surface area (Å²) in [5.74, 6) is 0.475. The van der Waals surface area contributed by atoms with Crippen LogP contribution in [0.4, 0.5) is 19.0 Å². The number of anilines is 1. The van der Waals surface area contributed by atoms with Gasteiger partial charge in [-0.2, -0.15) is 13.2 Å². The van der Waals surface area contributed by atoms with Gasteiger partial charge in [0.15, 0.2) is 0 Å². The van der Waals surface area contributed by atoms with Crippen LogP contribution in [-0.4, -0.2) is 11.0 Å². The van der Waals surface area contributed by atoms with E-state index in [0.717, 1.165) is 6.20 Å². The number of nitrogens with zero attached hydrogens (tertiary/aromatic N) is 1. The van der Waals surface area contributed by atoms with Crippen LogP contribution in [0.15, 0.2) is 12.3 Å². The Labute approximate surface area is 106 Å². The highest BCUT2D eigenvalue weighted by Gasteiger charge is 2.37. The van der Waals surface area contributed by atoms with E-state index in [1.807, 2.05) is 13.8 Å². The van der Waals surface area contributed by atoms with Gasteiger partial charge in [-0.1, -0.05) is 20.8 Å². The van der Waals surface area contributed by atoms with Gasteiger partial charge in [0.05, 0.1) is 5.56 Å². The smallest absolute Gasteiger partial charge is 0.368 e. The molecule has 1 N–H and O–H groups in total. The molecule has 0 atom stereocenters. The summed E-state index contributed by atoms with van der Waals surface area (Å²) in [5, 5.41) is 3.02. The summed E-state index contributed by atoms with van der Waals surface area (Å²) in [6.45, 7) is 9.11. The van der Waals surface area contributed by atoms with Crippen LogP contribution in [0.25, 0.3) is 0 Å². The summed E-state index contributed by atoms with van der Waals surface area (Å²) in [4.78, 5) is 3.83. The van der Waals surface area contributed by atoms with Crippen molar-refractivity contribution in [2.75, 3.05) is 5.32 Å². The van der Waals surface area contributed by atoms with E-state index in [4.69, 9.17) is 0 Å². The van der Waals surface area contributed by atoms with Crippen molar-refractivity contribution in [2.45, 2.75) is 52.3 Å². The van der Waals surface area contributed by atoms with Gasteiger partial charge in [-0.15, -0.1) is 0 Å². The van der Waals surface area contributed by atoms with Crippen LogP contribution < -0.4 is 5.32 Å². The predicted molar refractivity (Wildman–Crippen MR) is 66.7 cm³/mol. The molecule has 0 aliphatic heterocycles. The van der Waals surface area contributed by atoms with Crippen molar-refractivity contribution in [3.8, 4) is 0 Å². The Kier molecular flexibility index (Phi) is 3.93. The summed E-state index contributed by atoms with van der Waals surface area (Å²) in [7, 11) is 0. The number of halogens is 3. The molecule has 0 radical (unpaired) electrons. The number of rotatable bonds is 2. The molecule has 0 fully saturated rings. The minimum atomic E-state index is -4.37. The third kappa shape index (κ3) is 3.62. The Morgan fingerprint density at radius 2 is 1.67 bits per heavy atom.